The van der Waals surface area contributed by atoms with E-state index >= 15 is 0 Å². The van der Waals surface area contributed by atoms with Crippen LogP contribution in [0.15, 0.2) is 24.3 Å². The standard InChI is InChI=1S/C17H27FN2/c1-2-20(17-11-9-15(18)10-12-17)14-6-13-19-16-7-4-3-5-8-16/h9-12,16,19H,2-8,13-14H2,1H3. The maximum absolute atomic E-state index is 12.9. The Kier molecular flexibility index (Phi) is 6.31. The highest BCUT2D eigenvalue weighted by molar-refractivity contribution is 5.45. The first-order chi connectivity index (χ1) is 9.79. The second-order valence-corrected chi connectivity index (χ2v) is 5.70. The Morgan fingerprint density at radius 1 is 1.15 bits per heavy atom. The number of hydrogen-bond acceptors (Lipinski definition) is 2. The topological polar surface area (TPSA) is 15.3 Å². The Morgan fingerprint density at radius 3 is 2.50 bits per heavy atom. The van der Waals surface area contributed by atoms with Crippen LogP contribution in [0.5, 0.6) is 0 Å². The van der Waals surface area contributed by atoms with Crippen LogP contribution in [0.25, 0.3) is 0 Å². The third kappa shape index (κ3) is 4.78. The molecule has 1 N–H and O–H groups in total. The van der Waals surface area contributed by atoms with E-state index in [1.165, 1.54) is 44.2 Å². The zero-order valence-electron chi connectivity index (χ0n) is 12.6. The summed E-state index contributed by atoms with van der Waals surface area (Å²) < 4.78 is 12.9. The van der Waals surface area contributed by atoms with Gasteiger partial charge in [0, 0.05) is 24.8 Å². The highest BCUT2D eigenvalue weighted by Crippen LogP contribution is 2.17. The minimum Gasteiger partial charge on any atom is -0.372 e. The summed E-state index contributed by atoms with van der Waals surface area (Å²) in [7, 11) is 0. The lowest BCUT2D eigenvalue weighted by atomic mass is 9.95. The van der Waals surface area contributed by atoms with Crippen LogP contribution in [0.1, 0.15) is 45.4 Å². The van der Waals surface area contributed by atoms with Gasteiger partial charge in [-0.05, 0) is 57.0 Å². The number of anilines is 1. The van der Waals surface area contributed by atoms with Crippen LogP contribution < -0.4 is 10.2 Å². The van der Waals surface area contributed by atoms with Gasteiger partial charge in [-0.15, -0.1) is 0 Å². The van der Waals surface area contributed by atoms with Crippen molar-refractivity contribution in [2.45, 2.75) is 51.5 Å². The summed E-state index contributed by atoms with van der Waals surface area (Å²) in [5.74, 6) is -0.163. The first-order valence-corrected chi connectivity index (χ1v) is 8.03. The van der Waals surface area contributed by atoms with Gasteiger partial charge in [-0.2, -0.15) is 0 Å². The fraction of sp³-hybridized carbons (Fsp3) is 0.647. The van der Waals surface area contributed by atoms with Crippen molar-refractivity contribution in [1.82, 2.24) is 5.32 Å². The van der Waals surface area contributed by atoms with Crippen LogP contribution in [-0.4, -0.2) is 25.7 Å². The quantitative estimate of drug-likeness (QED) is 0.759. The van der Waals surface area contributed by atoms with Gasteiger partial charge in [-0.3, -0.25) is 0 Å². The van der Waals surface area contributed by atoms with Crippen LogP contribution >= 0.6 is 0 Å². The highest BCUT2D eigenvalue weighted by Gasteiger charge is 2.12. The third-order valence-corrected chi connectivity index (χ3v) is 4.22. The fourth-order valence-electron chi connectivity index (χ4n) is 3.00. The van der Waals surface area contributed by atoms with Crippen LogP contribution in [0.4, 0.5) is 10.1 Å². The van der Waals surface area contributed by atoms with E-state index in [9.17, 15) is 4.39 Å². The third-order valence-electron chi connectivity index (χ3n) is 4.22. The van der Waals surface area contributed by atoms with Gasteiger partial charge in [0.05, 0.1) is 0 Å². The zero-order valence-corrected chi connectivity index (χ0v) is 12.6. The van der Waals surface area contributed by atoms with Crippen LogP contribution in [-0.2, 0) is 0 Å². The molecular weight excluding hydrogens is 251 g/mol. The smallest absolute Gasteiger partial charge is 0.123 e. The predicted molar refractivity (Wildman–Crippen MR) is 83.8 cm³/mol. The first kappa shape index (κ1) is 15.3. The molecule has 0 saturated heterocycles. The molecule has 1 aliphatic carbocycles. The Bertz CT molecular complexity index is 371. The van der Waals surface area contributed by atoms with E-state index in [0.717, 1.165) is 37.8 Å². The molecule has 1 aromatic rings. The van der Waals surface area contributed by atoms with Crippen molar-refractivity contribution in [3.63, 3.8) is 0 Å². The van der Waals surface area contributed by atoms with Gasteiger partial charge in [-0.25, -0.2) is 4.39 Å². The molecule has 1 aromatic carbocycles. The van der Waals surface area contributed by atoms with Crippen molar-refractivity contribution in [2.24, 2.45) is 0 Å². The number of rotatable bonds is 7. The van der Waals surface area contributed by atoms with Gasteiger partial charge in [0.2, 0.25) is 0 Å². The van der Waals surface area contributed by atoms with E-state index in [0.29, 0.717) is 0 Å². The summed E-state index contributed by atoms with van der Waals surface area (Å²) >= 11 is 0. The molecule has 0 amide bonds. The fourth-order valence-corrected chi connectivity index (χ4v) is 3.00. The number of nitrogens with one attached hydrogen (secondary N) is 1. The van der Waals surface area contributed by atoms with Crippen molar-refractivity contribution in [3.05, 3.63) is 30.1 Å². The van der Waals surface area contributed by atoms with Crippen LogP contribution in [0.3, 0.4) is 0 Å². The maximum Gasteiger partial charge on any atom is 0.123 e. The van der Waals surface area contributed by atoms with E-state index in [2.05, 4.69) is 17.1 Å². The molecule has 20 heavy (non-hydrogen) atoms. The summed E-state index contributed by atoms with van der Waals surface area (Å²) in [4.78, 5) is 2.31. The molecular formula is C17H27FN2. The maximum atomic E-state index is 12.9. The van der Waals surface area contributed by atoms with E-state index < -0.39 is 0 Å². The molecule has 2 nitrogen and oxygen atoms in total. The molecule has 1 saturated carbocycles. The van der Waals surface area contributed by atoms with E-state index in [-0.39, 0.29) is 5.82 Å². The lowest BCUT2D eigenvalue weighted by Gasteiger charge is -2.25. The molecule has 0 atom stereocenters. The van der Waals surface area contributed by atoms with Crippen molar-refractivity contribution >= 4 is 5.69 Å². The summed E-state index contributed by atoms with van der Waals surface area (Å²) in [5, 5.41) is 3.67. The minimum atomic E-state index is -0.163. The molecule has 112 valence electrons. The average Bonchev–Trinajstić information content (AvgIpc) is 2.50. The van der Waals surface area contributed by atoms with Gasteiger partial charge in [0.1, 0.15) is 5.82 Å². The summed E-state index contributed by atoms with van der Waals surface area (Å²) in [6.07, 6.45) is 8.00. The second kappa shape index (κ2) is 8.25. The van der Waals surface area contributed by atoms with E-state index in [1.807, 2.05) is 12.1 Å². The Balaban J connectivity index is 1.69. The molecule has 0 bridgehead atoms. The van der Waals surface area contributed by atoms with Crippen molar-refractivity contribution < 1.29 is 4.39 Å². The molecule has 0 aromatic heterocycles. The minimum absolute atomic E-state index is 0.163. The van der Waals surface area contributed by atoms with Gasteiger partial charge >= 0.3 is 0 Å². The Morgan fingerprint density at radius 2 is 1.85 bits per heavy atom. The highest BCUT2D eigenvalue weighted by atomic mass is 19.1. The summed E-state index contributed by atoms with van der Waals surface area (Å²) in [6.45, 7) is 5.23. The van der Waals surface area contributed by atoms with Crippen LogP contribution in [0, 0.1) is 5.82 Å². The molecule has 0 unspecified atom stereocenters. The zero-order chi connectivity index (χ0) is 14.2. The normalized spacial score (nSPS) is 16.3. The molecule has 0 radical (unpaired) electrons. The number of nitrogens with zero attached hydrogens (tertiary/aromatic N) is 1. The van der Waals surface area contributed by atoms with Gasteiger partial charge in [0.25, 0.3) is 0 Å². The Hall–Kier alpha value is -1.09. The molecule has 1 fully saturated rings. The van der Waals surface area contributed by atoms with Crippen LogP contribution in [0.2, 0.25) is 0 Å². The predicted octanol–water partition coefficient (Wildman–Crippen LogP) is 3.96. The van der Waals surface area contributed by atoms with Gasteiger partial charge < -0.3 is 10.2 Å². The average molecular weight is 278 g/mol. The Labute approximate surface area is 122 Å². The lowest BCUT2D eigenvalue weighted by molar-refractivity contribution is 0.372. The number of hydrogen-bond donors (Lipinski definition) is 1. The molecule has 2 rings (SSSR count). The monoisotopic (exact) mass is 278 g/mol. The van der Waals surface area contributed by atoms with Crippen molar-refractivity contribution in [1.29, 1.82) is 0 Å². The van der Waals surface area contributed by atoms with Gasteiger partial charge in [-0.1, -0.05) is 19.3 Å². The first-order valence-electron chi connectivity index (χ1n) is 8.03. The molecule has 1 aliphatic rings. The largest absolute Gasteiger partial charge is 0.372 e. The van der Waals surface area contributed by atoms with Crippen molar-refractivity contribution in [2.75, 3.05) is 24.5 Å². The SMILES string of the molecule is CCN(CCCNC1CCCCC1)c1ccc(F)cc1. The second-order valence-electron chi connectivity index (χ2n) is 5.70. The summed E-state index contributed by atoms with van der Waals surface area (Å²) in [5.41, 5.74) is 1.12. The van der Waals surface area contributed by atoms with E-state index in [4.69, 9.17) is 0 Å². The number of halogens is 1. The van der Waals surface area contributed by atoms with Gasteiger partial charge in [0.15, 0.2) is 0 Å². The van der Waals surface area contributed by atoms with Crippen molar-refractivity contribution in [3.8, 4) is 0 Å². The molecule has 0 aliphatic heterocycles. The molecule has 3 heteroatoms. The molecule has 0 heterocycles. The molecule has 0 spiro atoms. The van der Waals surface area contributed by atoms with E-state index in [1.54, 1.807) is 0 Å². The summed E-state index contributed by atoms with van der Waals surface area (Å²) in [6, 6.07) is 7.56. The lowest BCUT2D eigenvalue weighted by Crippen LogP contribution is -2.34. The number of benzene rings is 1.